The van der Waals surface area contributed by atoms with Crippen molar-refractivity contribution in [1.29, 1.82) is 0 Å². The van der Waals surface area contributed by atoms with Crippen LogP contribution in [0.2, 0.25) is 0 Å². The number of fused-ring (bicyclic) bond motifs is 7. The lowest BCUT2D eigenvalue weighted by atomic mass is 9.33. The van der Waals surface area contributed by atoms with Crippen molar-refractivity contribution in [2.24, 2.45) is 50.2 Å². The molecule has 0 aromatic carbocycles. The van der Waals surface area contributed by atoms with Crippen LogP contribution in [0.3, 0.4) is 0 Å². The molecule has 440 valence electrons. The van der Waals surface area contributed by atoms with E-state index in [1.54, 1.807) is 6.92 Å². The number of aliphatic carboxylic acids is 2. The number of aliphatic hydroxyl groups is 12. The van der Waals surface area contributed by atoms with E-state index in [9.17, 15) is 81.1 Å². The van der Waals surface area contributed by atoms with Crippen LogP contribution in [0.4, 0.5) is 0 Å². The van der Waals surface area contributed by atoms with E-state index < -0.39 is 181 Å². The number of carbonyl (C=O) groups is 2. The molecule has 0 aromatic heterocycles. The Balaban J connectivity index is 0.990. The summed E-state index contributed by atoms with van der Waals surface area (Å²) in [5.74, 6) is -3.06. The molecule has 4 saturated carbocycles. The summed E-state index contributed by atoms with van der Waals surface area (Å²) >= 11 is 0. The van der Waals surface area contributed by atoms with E-state index in [1.165, 1.54) is 12.5 Å². The minimum absolute atomic E-state index is 0.0370. The molecule has 4 heterocycles. The first-order chi connectivity index (χ1) is 36.0. The predicted molar refractivity (Wildman–Crippen MR) is 259 cm³/mol. The number of rotatable bonds is 12. The second-order valence-corrected chi connectivity index (χ2v) is 25.7. The van der Waals surface area contributed by atoms with Crippen molar-refractivity contribution in [1.82, 2.24) is 0 Å². The lowest BCUT2D eigenvalue weighted by Gasteiger charge is -2.72. The minimum Gasteiger partial charge on any atom is -0.481 e. The molecule has 9 aliphatic rings. The van der Waals surface area contributed by atoms with E-state index in [2.05, 4.69) is 33.8 Å². The van der Waals surface area contributed by atoms with E-state index in [0.717, 1.165) is 6.42 Å². The van der Waals surface area contributed by atoms with Gasteiger partial charge in [-0.2, -0.15) is 0 Å². The maximum Gasteiger partial charge on any atom is 0.335 e. The Morgan fingerprint density at radius 1 is 0.610 bits per heavy atom. The second-order valence-electron chi connectivity index (χ2n) is 25.7. The highest BCUT2D eigenvalue weighted by molar-refractivity contribution is 5.75. The van der Waals surface area contributed by atoms with Crippen molar-refractivity contribution >= 4 is 11.9 Å². The summed E-state index contributed by atoms with van der Waals surface area (Å²) in [5.41, 5.74) is -2.92. The van der Waals surface area contributed by atoms with Gasteiger partial charge in [-0.3, -0.25) is 4.79 Å². The molecule has 4 saturated heterocycles. The van der Waals surface area contributed by atoms with Gasteiger partial charge in [-0.05, 0) is 106 Å². The van der Waals surface area contributed by atoms with Crippen LogP contribution in [0.5, 0.6) is 0 Å². The summed E-state index contributed by atoms with van der Waals surface area (Å²) in [6.07, 6.45) is -27.4. The number of carboxylic acids is 2. The molecular weight excluding hydrogens is 1020 g/mol. The molecule has 0 amide bonds. The third kappa shape index (κ3) is 9.46. The number of aliphatic hydroxyl groups excluding tert-OH is 12. The lowest BCUT2D eigenvalue weighted by molar-refractivity contribution is -0.396. The Morgan fingerprint density at radius 3 is 1.87 bits per heavy atom. The minimum atomic E-state index is -2.13. The Bertz CT molecular complexity index is 2190. The van der Waals surface area contributed by atoms with Crippen LogP contribution >= 0.6 is 0 Å². The van der Waals surface area contributed by atoms with Gasteiger partial charge in [0, 0.05) is 10.8 Å². The van der Waals surface area contributed by atoms with Crippen LogP contribution in [0.25, 0.3) is 0 Å². The average Bonchev–Trinajstić information content (AvgIpc) is 3.38. The average molecular weight is 1110 g/mol. The lowest BCUT2D eigenvalue weighted by Crippen LogP contribution is -2.68. The van der Waals surface area contributed by atoms with Crippen LogP contribution in [-0.2, 0) is 47.5 Å². The fourth-order valence-electron chi connectivity index (χ4n) is 16.3. The van der Waals surface area contributed by atoms with E-state index >= 15 is 0 Å². The Kier molecular flexibility index (Phi) is 16.4. The largest absolute Gasteiger partial charge is 0.481 e. The molecule has 8 fully saturated rings. The summed E-state index contributed by atoms with van der Waals surface area (Å²) < 4.78 is 48.5. The van der Waals surface area contributed by atoms with E-state index in [0.29, 0.717) is 38.5 Å². The van der Waals surface area contributed by atoms with Crippen molar-refractivity contribution < 1.29 is 119 Å². The van der Waals surface area contributed by atoms with E-state index in [4.69, 9.17) is 37.9 Å². The number of hydrogen-bond acceptors (Lipinski definition) is 22. The standard InChI is InChI=1S/C53H84O24/c1-21-30(57)33(60)38(65)44(71-21)76-40-34(61)32(59)25(18-54)72-45(40)77-41-36(63)35(62)39(42(66)67)75-46(41)73-28-11-12-50(4)26(51(28,5)20-55)10-13-53(7)27(50)9-8-22-23-16-48(2,47(68)69)17-29(49(23,3)14-15-52(22,53)6)74-43-37(64)31(58)24(56)19-70-43/h8,21,23-41,43-46,54-65H,9-20H2,1-7H3,(H,66,67)(H,68,69)/t21-,23+,24+,25+,26+,27+,28+,29+,30-,31-,32-,33-,34-,35-,36-,37-,38-,39-,40-,41+,43-,44+,45+,46-,48+,49-,50+,51-,52+,53-/m1/s1. The van der Waals surface area contributed by atoms with Gasteiger partial charge < -0.3 is 109 Å². The quantitative estimate of drug-likeness (QED) is 0.0760. The number of carboxylic acid groups (broad SMARTS) is 2. The van der Waals surface area contributed by atoms with E-state index in [-0.39, 0.29) is 42.6 Å². The summed E-state index contributed by atoms with van der Waals surface area (Å²) in [4.78, 5) is 25.8. The van der Waals surface area contributed by atoms with Gasteiger partial charge in [0.05, 0.1) is 43.5 Å². The SMILES string of the molecule is C[C@H]1O[C@@H](O[C@H]2[C@H](O[C@@H]3[C@H](O[C@H]4CC[C@@]5(C)[C@H](CC[C@]6(C)[C@H]5CC=C5[C@@H]7C[C@](C)(C(=O)O)C[C@H](O[C@H]8OC[C@H](O)[C@@H](O)[C@H]8O)[C@]7(C)CC[C@@]56C)[C@@]4(C)CO)O[C@@H](C(=O)O)[C@H](O)[C@H]3O)O[C@@H](CO)[C@@H](O)[C@H]2O)[C@H](O)[C@H](O)[C@@H]1O. The molecule has 9 rings (SSSR count). The highest BCUT2D eigenvalue weighted by Gasteiger charge is 2.71. The molecule has 5 aliphatic carbocycles. The van der Waals surface area contributed by atoms with Gasteiger partial charge in [-0.15, -0.1) is 0 Å². The van der Waals surface area contributed by atoms with Crippen molar-refractivity contribution in [2.75, 3.05) is 19.8 Å². The van der Waals surface area contributed by atoms with Gasteiger partial charge in [0.1, 0.15) is 79.4 Å². The van der Waals surface area contributed by atoms with Gasteiger partial charge >= 0.3 is 11.9 Å². The van der Waals surface area contributed by atoms with Gasteiger partial charge in [-0.25, -0.2) is 4.79 Å². The number of hydrogen-bond donors (Lipinski definition) is 14. The third-order valence-corrected chi connectivity index (χ3v) is 21.5. The topological polar surface area (TPSA) is 391 Å². The zero-order chi connectivity index (χ0) is 56.4. The first-order valence-corrected chi connectivity index (χ1v) is 27.3. The maximum absolute atomic E-state index is 13.2. The molecule has 24 heteroatoms. The zero-order valence-corrected chi connectivity index (χ0v) is 44.8. The molecule has 14 N–H and O–H groups in total. The highest BCUT2D eigenvalue weighted by atomic mass is 16.8. The predicted octanol–water partition coefficient (Wildman–Crippen LogP) is -1.77. The van der Waals surface area contributed by atoms with Gasteiger partial charge in [-0.1, -0.05) is 46.3 Å². The van der Waals surface area contributed by atoms with Crippen LogP contribution in [0.15, 0.2) is 11.6 Å². The molecule has 30 atom stereocenters. The zero-order valence-electron chi connectivity index (χ0n) is 44.8. The first kappa shape index (κ1) is 59.5. The maximum atomic E-state index is 13.2. The molecule has 0 aromatic rings. The van der Waals surface area contributed by atoms with Gasteiger partial charge in [0.25, 0.3) is 0 Å². The Hall–Kier alpha value is -2.12. The fourth-order valence-corrected chi connectivity index (χ4v) is 16.3. The van der Waals surface area contributed by atoms with Crippen molar-refractivity contribution in [2.45, 2.75) is 235 Å². The molecule has 24 nitrogen and oxygen atoms in total. The molecule has 4 aliphatic heterocycles. The molecule has 77 heavy (non-hydrogen) atoms. The molecular formula is C53H84O24. The first-order valence-electron chi connectivity index (χ1n) is 27.3. The normalized spacial score (nSPS) is 55.9. The van der Waals surface area contributed by atoms with E-state index in [1.807, 2.05) is 6.92 Å². The van der Waals surface area contributed by atoms with Gasteiger partial charge in [0.2, 0.25) is 0 Å². The Labute approximate surface area is 446 Å². The Morgan fingerprint density at radius 2 is 1.23 bits per heavy atom. The monoisotopic (exact) mass is 1100 g/mol. The van der Waals surface area contributed by atoms with Crippen molar-refractivity contribution in [3.8, 4) is 0 Å². The van der Waals surface area contributed by atoms with Crippen LogP contribution in [0, 0.1) is 50.2 Å². The smallest absolute Gasteiger partial charge is 0.335 e. The summed E-state index contributed by atoms with van der Waals surface area (Å²) in [6, 6.07) is 0. The summed E-state index contributed by atoms with van der Waals surface area (Å²) in [6.45, 7) is 12.4. The number of allylic oxidation sites excluding steroid dienone is 2. The second kappa shape index (κ2) is 21.3. The number of ether oxygens (including phenoxy) is 8. The highest BCUT2D eigenvalue weighted by Crippen LogP contribution is 2.76. The third-order valence-electron chi connectivity index (χ3n) is 21.5. The molecule has 0 bridgehead atoms. The molecule has 0 spiro atoms. The molecule has 0 unspecified atom stereocenters. The van der Waals surface area contributed by atoms with Crippen molar-refractivity contribution in [3.05, 3.63) is 11.6 Å². The van der Waals surface area contributed by atoms with Crippen molar-refractivity contribution in [3.63, 3.8) is 0 Å². The summed E-state index contributed by atoms with van der Waals surface area (Å²) in [5, 5.41) is 151. The van der Waals surface area contributed by atoms with Crippen LogP contribution in [0.1, 0.15) is 106 Å². The molecule has 0 radical (unpaired) electrons. The fraction of sp³-hybridized carbons (Fsp3) is 0.925. The van der Waals surface area contributed by atoms with Crippen LogP contribution in [-0.4, -0.2) is 232 Å². The van der Waals surface area contributed by atoms with Crippen LogP contribution < -0.4 is 0 Å². The van der Waals surface area contributed by atoms with Gasteiger partial charge in [0.15, 0.2) is 31.3 Å². The summed E-state index contributed by atoms with van der Waals surface area (Å²) in [7, 11) is 0.